The fraction of sp³-hybridized carbons (Fsp3) is 0.333. The average Bonchev–Trinajstić information content (AvgIpc) is 3.02. The summed E-state index contributed by atoms with van der Waals surface area (Å²) in [6.07, 6.45) is 4.30. The number of amides is 3. The number of allylic oxidation sites excluding steroid dienone is 2. The van der Waals surface area contributed by atoms with Gasteiger partial charge < -0.3 is 10.7 Å². The molecule has 1 spiro atoms. The van der Waals surface area contributed by atoms with Crippen molar-refractivity contribution in [2.75, 3.05) is 6.54 Å². The van der Waals surface area contributed by atoms with Crippen LogP contribution in [0.5, 0.6) is 0 Å². The van der Waals surface area contributed by atoms with Gasteiger partial charge in [-0.2, -0.15) is 0 Å². The average molecular weight is 325 g/mol. The molecule has 1 aliphatic heterocycles. The molecular formula is C18H19N3O3. The molecular weight excluding hydrogens is 306 g/mol. The number of urea groups is 1. The summed E-state index contributed by atoms with van der Waals surface area (Å²) in [6, 6.07) is 5.16. The molecule has 6 nitrogen and oxygen atoms in total. The van der Waals surface area contributed by atoms with Crippen molar-refractivity contribution < 1.29 is 14.4 Å². The summed E-state index contributed by atoms with van der Waals surface area (Å²) in [6.45, 7) is 3.03. The van der Waals surface area contributed by atoms with Crippen LogP contribution in [0.4, 0.5) is 4.79 Å². The maximum Gasteiger partial charge on any atom is 0.325 e. The van der Waals surface area contributed by atoms with E-state index in [9.17, 15) is 14.4 Å². The van der Waals surface area contributed by atoms with Crippen LogP contribution in [0.15, 0.2) is 24.3 Å². The molecule has 1 saturated heterocycles. The number of imide groups is 1. The molecule has 24 heavy (non-hydrogen) atoms. The van der Waals surface area contributed by atoms with Gasteiger partial charge in [0.1, 0.15) is 11.3 Å². The molecule has 1 aliphatic carbocycles. The van der Waals surface area contributed by atoms with Gasteiger partial charge in [0.25, 0.3) is 5.91 Å². The Morgan fingerprint density at radius 3 is 2.79 bits per heavy atom. The lowest BCUT2D eigenvalue weighted by molar-refractivity contribution is -0.134. The van der Waals surface area contributed by atoms with Crippen molar-refractivity contribution in [3.8, 4) is 0 Å². The lowest BCUT2D eigenvalue weighted by Crippen LogP contribution is -2.42. The third-order valence-electron chi connectivity index (χ3n) is 4.69. The lowest BCUT2D eigenvalue weighted by atomic mass is 9.90. The highest BCUT2D eigenvalue weighted by atomic mass is 16.2. The number of carbonyl (C=O) groups excluding carboxylic acids is 3. The quantitative estimate of drug-likeness (QED) is 0.655. The van der Waals surface area contributed by atoms with Crippen LogP contribution >= 0.6 is 0 Å². The summed E-state index contributed by atoms with van der Waals surface area (Å²) >= 11 is 0. The molecule has 0 radical (unpaired) electrons. The first-order chi connectivity index (χ1) is 11.4. The van der Waals surface area contributed by atoms with Gasteiger partial charge in [-0.25, -0.2) is 4.79 Å². The minimum atomic E-state index is -1.05. The zero-order valence-electron chi connectivity index (χ0n) is 13.7. The molecule has 1 unspecified atom stereocenters. The number of benzene rings is 1. The van der Waals surface area contributed by atoms with Gasteiger partial charge in [-0.1, -0.05) is 24.3 Å². The van der Waals surface area contributed by atoms with Gasteiger partial charge in [0.15, 0.2) is 0 Å². The van der Waals surface area contributed by atoms with Crippen LogP contribution < -0.4 is 5.32 Å². The molecule has 2 N–H and O–H groups in total. The molecule has 1 aromatic carbocycles. The van der Waals surface area contributed by atoms with E-state index in [0.717, 1.165) is 27.2 Å². The molecule has 6 heteroatoms. The van der Waals surface area contributed by atoms with E-state index in [-0.39, 0.29) is 18.2 Å². The van der Waals surface area contributed by atoms with Crippen LogP contribution in [0.2, 0.25) is 0 Å². The third kappa shape index (κ3) is 2.26. The zero-order valence-corrected chi connectivity index (χ0v) is 13.7. The van der Waals surface area contributed by atoms with Gasteiger partial charge in [0.05, 0.1) is 6.54 Å². The summed E-state index contributed by atoms with van der Waals surface area (Å²) in [7, 11) is 0. The van der Waals surface area contributed by atoms with Crippen LogP contribution in [-0.4, -0.2) is 35.4 Å². The number of ketones is 1. The molecule has 3 amide bonds. The Kier molecular flexibility index (Phi) is 3.83. The smallest absolute Gasteiger partial charge is 0.319 e. The van der Waals surface area contributed by atoms with Gasteiger partial charge in [-0.05, 0) is 49.0 Å². The molecule has 1 aromatic rings. The molecule has 0 aromatic heterocycles. The Morgan fingerprint density at radius 1 is 1.42 bits per heavy atom. The van der Waals surface area contributed by atoms with Crippen LogP contribution in [0.3, 0.4) is 0 Å². The number of nitrogens with one attached hydrogen (secondary N) is 2. The van der Waals surface area contributed by atoms with E-state index in [1.807, 2.05) is 31.2 Å². The first-order valence-corrected chi connectivity index (χ1v) is 7.87. The Hall–Kier alpha value is -2.76. The van der Waals surface area contributed by atoms with Crippen molar-refractivity contribution in [2.24, 2.45) is 0 Å². The summed E-state index contributed by atoms with van der Waals surface area (Å²) in [5.41, 5.74) is 2.45. The monoisotopic (exact) mass is 325 g/mol. The Bertz CT molecular complexity index is 797. The molecule has 0 saturated carbocycles. The summed E-state index contributed by atoms with van der Waals surface area (Å²) in [4.78, 5) is 37.3. The van der Waals surface area contributed by atoms with Crippen molar-refractivity contribution in [1.29, 1.82) is 5.41 Å². The van der Waals surface area contributed by atoms with Crippen LogP contribution in [0, 0.1) is 5.41 Å². The molecule has 1 fully saturated rings. The molecule has 1 heterocycles. The molecule has 3 rings (SSSR count). The summed E-state index contributed by atoms with van der Waals surface area (Å²) in [5.74, 6) is -0.583. The van der Waals surface area contributed by atoms with E-state index in [1.165, 1.54) is 13.1 Å². The first kappa shape index (κ1) is 16.1. The number of fused-ring (bicyclic) bond motifs is 2. The van der Waals surface area contributed by atoms with E-state index in [1.54, 1.807) is 0 Å². The van der Waals surface area contributed by atoms with E-state index >= 15 is 0 Å². The summed E-state index contributed by atoms with van der Waals surface area (Å²) < 4.78 is 0. The highest BCUT2D eigenvalue weighted by molar-refractivity contribution is 6.10. The van der Waals surface area contributed by atoms with Gasteiger partial charge >= 0.3 is 6.03 Å². The molecule has 1 atom stereocenters. The van der Waals surface area contributed by atoms with E-state index in [4.69, 9.17) is 5.41 Å². The number of hydrogen-bond donors (Lipinski definition) is 2. The SMILES string of the molecule is C/C=C(\C=N)c1ccc2c(c1)CCC21NC(=O)N(CC(C)=O)C1=O. The second-order valence-corrected chi connectivity index (χ2v) is 6.19. The largest absolute Gasteiger partial charge is 0.325 e. The van der Waals surface area contributed by atoms with Crippen molar-refractivity contribution >= 4 is 29.5 Å². The maximum atomic E-state index is 12.8. The zero-order chi connectivity index (χ0) is 17.5. The molecule has 2 aliphatic rings. The highest BCUT2D eigenvalue weighted by Gasteiger charge is 2.55. The predicted octanol–water partition coefficient (Wildman–Crippen LogP) is 2.02. The van der Waals surface area contributed by atoms with Crippen LogP contribution in [0.25, 0.3) is 5.57 Å². The number of rotatable bonds is 4. The predicted molar refractivity (Wildman–Crippen MR) is 89.8 cm³/mol. The Morgan fingerprint density at radius 2 is 2.17 bits per heavy atom. The first-order valence-electron chi connectivity index (χ1n) is 7.87. The van der Waals surface area contributed by atoms with Crippen molar-refractivity contribution in [2.45, 2.75) is 32.2 Å². The number of aryl methyl sites for hydroxylation is 1. The fourth-order valence-corrected chi connectivity index (χ4v) is 3.53. The van der Waals surface area contributed by atoms with E-state index in [2.05, 4.69) is 5.32 Å². The van der Waals surface area contributed by atoms with Gasteiger partial charge in [0.2, 0.25) is 0 Å². The minimum Gasteiger partial charge on any atom is -0.319 e. The topological polar surface area (TPSA) is 90.3 Å². The minimum absolute atomic E-state index is 0.198. The van der Waals surface area contributed by atoms with Crippen molar-refractivity contribution in [3.63, 3.8) is 0 Å². The standard InChI is InChI=1S/C18H19N3O3/c1-3-12(9-19)13-4-5-15-14(8-13)6-7-18(15)16(23)21(10-11(2)22)17(24)20-18/h3-5,8-9,19H,6-7,10H2,1-2H3,(H,20,24)/b12-3+,19-9?. The van der Waals surface area contributed by atoms with Crippen LogP contribution in [0.1, 0.15) is 37.0 Å². The van der Waals surface area contributed by atoms with Gasteiger partial charge in [0, 0.05) is 6.21 Å². The lowest BCUT2D eigenvalue weighted by Gasteiger charge is -2.22. The third-order valence-corrected chi connectivity index (χ3v) is 4.69. The van der Waals surface area contributed by atoms with E-state index in [0.29, 0.717) is 12.8 Å². The number of nitrogens with zero attached hydrogens (tertiary/aromatic N) is 1. The maximum absolute atomic E-state index is 12.8. The Balaban J connectivity index is 2.01. The van der Waals surface area contributed by atoms with Crippen LogP contribution in [-0.2, 0) is 21.5 Å². The second-order valence-electron chi connectivity index (χ2n) is 6.19. The Labute approximate surface area is 140 Å². The van der Waals surface area contributed by atoms with Gasteiger partial charge in [-0.3, -0.25) is 14.5 Å². The fourth-order valence-electron chi connectivity index (χ4n) is 3.53. The number of carbonyl (C=O) groups is 3. The van der Waals surface area contributed by atoms with Crippen molar-refractivity contribution in [1.82, 2.24) is 10.2 Å². The summed E-state index contributed by atoms with van der Waals surface area (Å²) in [5, 5.41) is 10.3. The number of Topliss-reactive ketones (excluding diaryl/α,β-unsaturated/α-hetero) is 1. The highest BCUT2D eigenvalue weighted by Crippen LogP contribution is 2.42. The molecule has 0 bridgehead atoms. The normalized spacial score (nSPS) is 22.8. The van der Waals surface area contributed by atoms with Gasteiger partial charge in [-0.15, -0.1) is 0 Å². The van der Waals surface area contributed by atoms with E-state index < -0.39 is 11.6 Å². The molecule has 124 valence electrons. The van der Waals surface area contributed by atoms with Crippen molar-refractivity contribution in [3.05, 3.63) is 41.0 Å². The second kappa shape index (κ2) is 5.70. The number of hydrogen-bond acceptors (Lipinski definition) is 4.